The molecular formula is C21H37N3O6. The van der Waals surface area contributed by atoms with Gasteiger partial charge >= 0.3 is 12.1 Å². The Kier molecular flexibility index (Phi) is 9.11. The van der Waals surface area contributed by atoms with Crippen molar-refractivity contribution in [3.63, 3.8) is 0 Å². The molecule has 0 aromatic rings. The van der Waals surface area contributed by atoms with E-state index in [0.29, 0.717) is 19.4 Å². The van der Waals surface area contributed by atoms with E-state index in [1.807, 2.05) is 20.8 Å². The molecule has 3 N–H and O–H groups in total. The van der Waals surface area contributed by atoms with Crippen LogP contribution in [0.5, 0.6) is 0 Å². The summed E-state index contributed by atoms with van der Waals surface area (Å²) in [6.45, 7) is 11.6. The highest BCUT2D eigenvalue weighted by Gasteiger charge is 2.34. The number of nitrogens with one attached hydrogen (secondary N) is 3. The van der Waals surface area contributed by atoms with E-state index >= 15 is 0 Å². The lowest BCUT2D eigenvalue weighted by molar-refractivity contribution is -0.146. The van der Waals surface area contributed by atoms with Gasteiger partial charge in [-0.3, -0.25) is 9.59 Å². The standard InChI is InChI=1S/C21H37N3O6/c1-20(2,3)12-15(24-19(28)30-21(4,5)6)17(26)23-14(18(27)29-7)11-13-9-8-10-22-16(13)25/h13-15H,8-12H2,1-7H3,(H,22,25)(H,23,26)(H,24,28). The van der Waals surface area contributed by atoms with E-state index in [1.165, 1.54) is 7.11 Å². The zero-order valence-corrected chi connectivity index (χ0v) is 19.2. The molecule has 1 fully saturated rings. The third-order valence-electron chi connectivity index (χ3n) is 4.55. The van der Waals surface area contributed by atoms with Crippen molar-refractivity contribution in [2.45, 2.75) is 84.9 Å². The highest BCUT2D eigenvalue weighted by Crippen LogP contribution is 2.22. The Labute approximate surface area is 179 Å². The number of hydrogen-bond donors (Lipinski definition) is 3. The minimum Gasteiger partial charge on any atom is -0.467 e. The van der Waals surface area contributed by atoms with Crippen LogP contribution in [0.1, 0.15) is 67.2 Å². The highest BCUT2D eigenvalue weighted by atomic mass is 16.6. The van der Waals surface area contributed by atoms with Gasteiger partial charge < -0.3 is 25.4 Å². The largest absolute Gasteiger partial charge is 0.467 e. The van der Waals surface area contributed by atoms with E-state index in [4.69, 9.17) is 9.47 Å². The molecule has 30 heavy (non-hydrogen) atoms. The summed E-state index contributed by atoms with van der Waals surface area (Å²) in [5.41, 5.74) is -0.989. The summed E-state index contributed by atoms with van der Waals surface area (Å²) < 4.78 is 10.1. The van der Waals surface area contributed by atoms with Crippen LogP contribution in [-0.2, 0) is 23.9 Å². The maximum atomic E-state index is 13.0. The summed E-state index contributed by atoms with van der Waals surface area (Å²) in [6, 6.07) is -1.90. The van der Waals surface area contributed by atoms with Crippen molar-refractivity contribution in [3.05, 3.63) is 0 Å². The highest BCUT2D eigenvalue weighted by molar-refractivity contribution is 5.90. The average molecular weight is 428 g/mol. The zero-order chi connectivity index (χ0) is 23.1. The van der Waals surface area contributed by atoms with Crippen LogP contribution < -0.4 is 16.0 Å². The van der Waals surface area contributed by atoms with E-state index in [0.717, 1.165) is 6.42 Å². The summed E-state index contributed by atoms with van der Waals surface area (Å²) in [5.74, 6) is -1.68. The number of alkyl carbamates (subject to hydrolysis) is 1. The smallest absolute Gasteiger partial charge is 0.408 e. The number of rotatable bonds is 7. The second-order valence-corrected chi connectivity index (χ2v) is 9.91. The zero-order valence-electron chi connectivity index (χ0n) is 19.2. The second-order valence-electron chi connectivity index (χ2n) is 9.91. The number of esters is 1. The summed E-state index contributed by atoms with van der Waals surface area (Å²) in [4.78, 5) is 49.6. The van der Waals surface area contributed by atoms with Crippen LogP contribution >= 0.6 is 0 Å². The molecule has 3 amide bonds. The first-order chi connectivity index (χ1) is 13.7. The fraction of sp³-hybridized carbons (Fsp3) is 0.810. The maximum Gasteiger partial charge on any atom is 0.408 e. The molecule has 0 bridgehead atoms. The van der Waals surface area contributed by atoms with Gasteiger partial charge in [0.1, 0.15) is 17.7 Å². The summed E-state index contributed by atoms with van der Waals surface area (Å²) in [7, 11) is 1.23. The fourth-order valence-electron chi connectivity index (χ4n) is 3.25. The lowest BCUT2D eigenvalue weighted by Gasteiger charge is -2.30. The molecule has 1 rings (SSSR count). The van der Waals surface area contributed by atoms with E-state index < -0.39 is 35.7 Å². The number of hydrogen-bond acceptors (Lipinski definition) is 6. The number of carbonyl (C=O) groups excluding carboxylic acids is 4. The molecule has 172 valence electrons. The number of ether oxygens (including phenoxy) is 2. The fourth-order valence-corrected chi connectivity index (χ4v) is 3.25. The number of piperidine rings is 1. The van der Waals surface area contributed by atoms with Crippen molar-refractivity contribution in [1.82, 2.24) is 16.0 Å². The maximum absolute atomic E-state index is 13.0. The van der Waals surface area contributed by atoms with Gasteiger partial charge in [-0.15, -0.1) is 0 Å². The Hall–Kier alpha value is -2.32. The molecular weight excluding hydrogens is 390 g/mol. The molecule has 9 nitrogen and oxygen atoms in total. The average Bonchev–Trinajstić information content (AvgIpc) is 2.58. The third kappa shape index (κ3) is 9.45. The molecule has 0 spiro atoms. The molecule has 1 aliphatic heterocycles. The summed E-state index contributed by atoms with van der Waals surface area (Å²) in [5, 5.41) is 8.03. The number of carbonyl (C=O) groups is 4. The van der Waals surface area contributed by atoms with Crippen molar-refractivity contribution in [2.24, 2.45) is 11.3 Å². The molecule has 0 aromatic heterocycles. The molecule has 0 radical (unpaired) electrons. The van der Waals surface area contributed by atoms with Crippen LogP contribution in [0.25, 0.3) is 0 Å². The van der Waals surface area contributed by atoms with E-state index in [9.17, 15) is 19.2 Å². The molecule has 3 unspecified atom stereocenters. The van der Waals surface area contributed by atoms with Crippen LogP contribution in [-0.4, -0.2) is 55.2 Å². The molecule has 9 heteroatoms. The topological polar surface area (TPSA) is 123 Å². The third-order valence-corrected chi connectivity index (χ3v) is 4.55. The monoisotopic (exact) mass is 427 g/mol. The second kappa shape index (κ2) is 10.6. The van der Waals surface area contributed by atoms with E-state index in [-0.39, 0.29) is 23.7 Å². The molecule has 0 saturated carbocycles. The van der Waals surface area contributed by atoms with Crippen molar-refractivity contribution >= 4 is 23.9 Å². The van der Waals surface area contributed by atoms with Crippen LogP contribution in [0.3, 0.4) is 0 Å². The van der Waals surface area contributed by atoms with Gasteiger partial charge in [-0.2, -0.15) is 0 Å². The molecule has 1 aliphatic rings. The molecule has 3 atom stereocenters. The van der Waals surface area contributed by atoms with Gasteiger partial charge in [0, 0.05) is 12.5 Å². The molecule has 0 aromatic carbocycles. The first-order valence-electron chi connectivity index (χ1n) is 10.4. The minimum absolute atomic E-state index is 0.137. The summed E-state index contributed by atoms with van der Waals surface area (Å²) >= 11 is 0. The lowest BCUT2D eigenvalue weighted by Crippen LogP contribution is -2.54. The van der Waals surface area contributed by atoms with Crippen molar-refractivity contribution < 1.29 is 28.7 Å². The minimum atomic E-state index is -0.987. The predicted octanol–water partition coefficient (Wildman–Crippen LogP) is 1.89. The Morgan fingerprint density at radius 2 is 1.73 bits per heavy atom. The van der Waals surface area contributed by atoms with Crippen molar-refractivity contribution in [3.8, 4) is 0 Å². The van der Waals surface area contributed by atoms with Crippen LogP contribution in [0.2, 0.25) is 0 Å². The van der Waals surface area contributed by atoms with Gasteiger partial charge in [-0.05, 0) is 51.9 Å². The first-order valence-corrected chi connectivity index (χ1v) is 10.4. The van der Waals surface area contributed by atoms with Gasteiger partial charge in [0.2, 0.25) is 11.8 Å². The Morgan fingerprint density at radius 1 is 1.10 bits per heavy atom. The van der Waals surface area contributed by atoms with E-state index in [2.05, 4.69) is 16.0 Å². The van der Waals surface area contributed by atoms with Gasteiger partial charge in [-0.1, -0.05) is 20.8 Å². The lowest BCUT2D eigenvalue weighted by atomic mass is 9.87. The Balaban J connectivity index is 2.93. The van der Waals surface area contributed by atoms with E-state index in [1.54, 1.807) is 20.8 Å². The van der Waals surface area contributed by atoms with Crippen molar-refractivity contribution in [2.75, 3.05) is 13.7 Å². The SMILES string of the molecule is COC(=O)C(CC1CCCNC1=O)NC(=O)C(CC(C)(C)C)NC(=O)OC(C)(C)C. The Bertz CT molecular complexity index is 636. The van der Waals surface area contributed by atoms with Crippen LogP contribution in [0.4, 0.5) is 4.79 Å². The number of amides is 3. The summed E-state index contributed by atoms with van der Waals surface area (Å²) in [6.07, 6.45) is 1.20. The molecule has 0 aliphatic carbocycles. The van der Waals surface area contributed by atoms with Gasteiger partial charge in [0.15, 0.2) is 0 Å². The molecule has 1 heterocycles. The molecule has 1 saturated heterocycles. The normalized spacial score (nSPS) is 19.2. The first kappa shape index (κ1) is 25.7. The Morgan fingerprint density at radius 3 is 2.23 bits per heavy atom. The van der Waals surface area contributed by atoms with Crippen molar-refractivity contribution in [1.29, 1.82) is 0 Å². The quantitative estimate of drug-likeness (QED) is 0.533. The van der Waals surface area contributed by atoms with Gasteiger partial charge in [-0.25, -0.2) is 9.59 Å². The predicted molar refractivity (Wildman–Crippen MR) is 112 cm³/mol. The van der Waals surface area contributed by atoms with Gasteiger partial charge in [0.25, 0.3) is 0 Å². The number of methoxy groups -OCH3 is 1. The van der Waals surface area contributed by atoms with Crippen LogP contribution in [0, 0.1) is 11.3 Å². The van der Waals surface area contributed by atoms with Gasteiger partial charge in [0.05, 0.1) is 7.11 Å². The van der Waals surface area contributed by atoms with Crippen LogP contribution in [0.15, 0.2) is 0 Å².